The van der Waals surface area contributed by atoms with Crippen molar-refractivity contribution in [3.63, 3.8) is 0 Å². The first-order chi connectivity index (χ1) is 12.5. The topological polar surface area (TPSA) is 95.6 Å². The van der Waals surface area contributed by atoms with Crippen LogP contribution in [0.2, 0.25) is 0 Å². The summed E-state index contributed by atoms with van der Waals surface area (Å²) in [7, 11) is 1.55. The molecule has 1 aromatic rings. The van der Waals surface area contributed by atoms with Crippen LogP contribution in [0.25, 0.3) is 0 Å². The molecule has 1 saturated heterocycles. The molecule has 2 aliphatic rings. The van der Waals surface area contributed by atoms with Crippen LogP contribution in [0.15, 0.2) is 36.4 Å². The van der Waals surface area contributed by atoms with E-state index in [0.29, 0.717) is 24.1 Å². The number of nitrogens with zero attached hydrogens (tertiary/aromatic N) is 1. The van der Waals surface area contributed by atoms with Gasteiger partial charge in [-0.1, -0.05) is 12.2 Å². The van der Waals surface area contributed by atoms with Crippen LogP contribution in [0.3, 0.4) is 0 Å². The molecule has 1 heterocycles. The Bertz CT molecular complexity index is 743. The maximum atomic E-state index is 12.4. The molecule has 1 aromatic carbocycles. The first-order valence-electron chi connectivity index (χ1n) is 8.63. The van der Waals surface area contributed by atoms with E-state index in [9.17, 15) is 19.2 Å². The Kier molecular flexibility index (Phi) is 5.16. The van der Waals surface area contributed by atoms with Crippen molar-refractivity contribution in [2.75, 3.05) is 18.9 Å². The van der Waals surface area contributed by atoms with Gasteiger partial charge in [-0.15, -0.1) is 0 Å². The molecule has 0 saturated carbocycles. The molecule has 1 fully saturated rings. The number of allylic oxidation sites excluding steroid dienone is 2. The van der Waals surface area contributed by atoms with Gasteiger partial charge in [-0.3, -0.25) is 24.1 Å². The Balaban J connectivity index is 1.53. The molecular weight excluding hydrogens is 334 g/mol. The summed E-state index contributed by atoms with van der Waals surface area (Å²) < 4.78 is 0. The summed E-state index contributed by atoms with van der Waals surface area (Å²) in [4.78, 5) is 49.5. The number of carbonyl (C=O) groups excluding carboxylic acids is 4. The van der Waals surface area contributed by atoms with Crippen molar-refractivity contribution in [3.8, 4) is 0 Å². The van der Waals surface area contributed by atoms with Gasteiger partial charge in [0.05, 0.1) is 11.8 Å². The molecule has 7 nitrogen and oxygen atoms in total. The third-order valence-electron chi connectivity index (χ3n) is 4.82. The van der Waals surface area contributed by atoms with Crippen molar-refractivity contribution in [2.45, 2.75) is 19.3 Å². The SMILES string of the molecule is CNC(=O)c1ccc(NC(=O)CCN2C(=O)C3CC=CCC3C2=O)cc1. The quantitative estimate of drug-likeness (QED) is 0.615. The van der Waals surface area contributed by atoms with Gasteiger partial charge in [0.2, 0.25) is 17.7 Å². The molecular formula is C19H21N3O4. The zero-order valence-electron chi connectivity index (χ0n) is 14.5. The van der Waals surface area contributed by atoms with Crippen molar-refractivity contribution in [3.05, 3.63) is 42.0 Å². The number of carbonyl (C=O) groups is 4. The molecule has 1 aliphatic heterocycles. The van der Waals surface area contributed by atoms with Gasteiger partial charge >= 0.3 is 0 Å². The highest BCUT2D eigenvalue weighted by Gasteiger charge is 2.46. The van der Waals surface area contributed by atoms with Crippen LogP contribution in [0.4, 0.5) is 5.69 Å². The number of nitrogens with one attached hydrogen (secondary N) is 2. The number of imide groups is 1. The van der Waals surface area contributed by atoms with E-state index in [1.807, 2.05) is 12.2 Å². The van der Waals surface area contributed by atoms with Gasteiger partial charge in [0.1, 0.15) is 0 Å². The third-order valence-corrected chi connectivity index (χ3v) is 4.82. The molecule has 7 heteroatoms. The van der Waals surface area contributed by atoms with Gasteiger partial charge in [0.25, 0.3) is 5.91 Å². The van der Waals surface area contributed by atoms with Crippen molar-refractivity contribution in [1.82, 2.24) is 10.2 Å². The fourth-order valence-electron chi connectivity index (χ4n) is 3.38. The Labute approximate surface area is 151 Å². The first kappa shape index (κ1) is 17.8. The molecule has 26 heavy (non-hydrogen) atoms. The number of hydrogen-bond donors (Lipinski definition) is 2. The Hall–Kier alpha value is -2.96. The molecule has 2 atom stereocenters. The number of rotatable bonds is 5. The van der Waals surface area contributed by atoms with E-state index >= 15 is 0 Å². The van der Waals surface area contributed by atoms with Gasteiger partial charge in [-0.2, -0.15) is 0 Å². The molecule has 0 bridgehead atoms. The van der Waals surface area contributed by atoms with E-state index in [4.69, 9.17) is 0 Å². The number of anilines is 1. The average Bonchev–Trinajstić information content (AvgIpc) is 2.91. The van der Waals surface area contributed by atoms with E-state index in [0.717, 1.165) is 0 Å². The summed E-state index contributed by atoms with van der Waals surface area (Å²) in [5, 5.41) is 5.23. The van der Waals surface area contributed by atoms with Crippen LogP contribution in [0.5, 0.6) is 0 Å². The zero-order chi connectivity index (χ0) is 18.7. The molecule has 0 aromatic heterocycles. The second kappa shape index (κ2) is 7.51. The van der Waals surface area contributed by atoms with Crippen LogP contribution < -0.4 is 10.6 Å². The zero-order valence-corrected chi connectivity index (χ0v) is 14.5. The molecule has 0 spiro atoms. The van der Waals surface area contributed by atoms with E-state index in [2.05, 4.69) is 10.6 Å². The van der Waals surface area contributed by atoms with Crippen LogP contribution in [-0.4, -0.2) is 42.1 Å². The summed E-state index contributed by atoms with van der Waals surface area (Å²) in [5.41, 5.74) is 1.05. The summed E-state index contributed by atoms with van der Waals surface area (Å²) >= 11 is 0. The highest BCUT2D eigenvalue weighted by molar-refractivity contribution is 6.06. The summed E-state index contributed by atoms with van der Waals surface area (Å²) in [6, 6.07) is 6.49. The number of benzene rings is 1. The predicted molar refractivity (Wildman–Crippen MR) is 95.2 cm³/mol. The van der Waals surface area contributed by atoms with E-state index < -0.39 is 0 Å². The minimum absolute atomic E-state index is 0.0432. The molecule has 4 amide bonds. The maximum absolute atomic E-state index is 12.4. The van der Waals surface area contributed by atoms with Crippen molar-refractivity contribution >= 4 is 29.3 Å². The molecule has 1 aliphatic carbocycles. The van der Waals surface area contributed by atoms with Crippen LogP contribution >= 0.6 is 0 Å². The smallest absolute Gasteiger partial charge is 0.251 e. The number of hydrogen-bond acceptors (Lipinski definition) is 4. The lowest BCUT2D eigenvalue weighted by atomic mass is 9.85. The van der Waals surface area contributed by atoms with Crippen LogP contribution in [0, 0.1) is 11.8 Å². The van der Waals surface area contributed by atoms with Gasteiger partial charge in [0.15, 0.2) is 0 Å². The van der Waals surface area contributed by atoms with Crippen molar-refractivity contribution in [1.29, 1.82) is 0 Å². The summed E-state index contributed by atoms with van der Waals surface area (Å²) in [6.07, 6.45) is 5.10. The maximum Gasteiger partial charge on any atom is 0.251 e. The standard InChI is InChI=1S/C19H21N3O4/c1-20-17(24)12-6-8-13(9-7-12)21-16(23)10-11-22-18(25)14-4-2-3-5-15(14)19(22)26/h2-3,6-9,14-15H,4-5,10-11H2,1H3,(H,20,24)(H,21,23). The lowest BCUT2D eigenvalue weighted by Crippen LogP contribution is -2.34. The largest absolute Gasteiger partial charge is 0.355 e. The third kappa shape index (κ3) is 3.51. The lowest BCUT2D eigenvalue weighted by molar-refractivity contribution is -0.140. The number of fused-ring (bicyclic) bond motifs is 1. The van der Waals surface area contributed by atoms with Gasteiger partial charge < -0.3 is 10.6 Å². The van der Waals surface area contributed by atoms with E-state index in [-0.39, 0.29) is 48.4 Å². The second-order valence-corrected chi connectivity index (χ2v) is 6.44. The minimum Gasteiger partial charge on any atom is -0.355 e. The van der Waals surface area contributed by atoms with Gasteiger partial charge in [-0.25, -0.2) is 0 Å². The molecule has 2 unspecified atom stereocenters. The molecule has 136 valence electrons. The highest BCUT2D eigenvalue weighted by atomic mass is 16.2. The Morgan fingerprint density at radius 3 is 2.15 bits per heavy atom. The second-order valence-electron chi connectivity index (χ2n) is 6.44. The van der Waals surface area contributed by atoms with Crippen molar-refractivity contribution in [2.24, 2.45) is 11.8 Å². The summed E-state index contributed by atoms with van der Waals surface area (Å²) in [5.74, 6) is -1.38. The molecule has 0 radical (unpaired) electrons. The van der Waals surface area contributed by atoms with Crippen LogP contribution in [-0.2, 0) is 14.4 Å². The van der Waals surface area contributed by atoms with Gasteiger partial charge in [-0.05, 0) is 37.1 Å². The minimum atomic E-state index is -0.286. The van der Waals surface area contributed by atoms with Crippen molar-refractivity contribution < 1.29 is 19.2 Å². The first-order valence-corrected chi connectivity index (χ1v) is 8.63. The van der Waals surface area contributed by atoms with E-state index in [1.165, 1.54) is 4.90 Å². The fraction of sp³-hybridized carbons (Fsp3) is 0.368. The molecule has 3 rings (SSSR count). The summed E-state index contributed by atoms with van der Waals surface area (Å²) in [6.45, 7) is 0.0901. The lowest BCUT2D eigenvalue weighted by Gasteiger charge is -2.14. The van der Waals surface area contributed by atoms with E-state index in [1.54, 1.807) is 31.3 Å². The van der Waals surface area contributed by atoms with Crippen LogP contribution in [0.1, 0.15) is 29.6 Å². The van der Waals surface area contributed by atoms with Gasteiger partial charge in [0, 0.05) is 31.3 Å². The Morgan fingerprint density at radius 2 is 1.62 bits per heavy atom. The average molecular weight is 355 g/mol. The highest BCUT2D eigenvalue weighted by Crippen LogP contribution is 2.35. The molecule has 2 N–H and O–H groups in total. The fourth-order valence-corrected chi connectivity index (χ4v) is 3.38. The predicted octanol–water partition coefficient (Wildman–Crippen LogP) is 1.33. The normalized spacial score (nSPS) is 21.5. The Morgan fingerprint density at radius 1 is 1.04 bits per heavy atom. The number of amides is 4. The number of likely N-dealkylation sites (tertiary alicyclic amines) is 1. The monoisotopic (exact) mass is 355 g/mol.